The second-order valence-electron chi connectivity index (χ2n) is 4.22. The standard InChI is InChI=1S/C14H16N2O2/c1-3-8-15-12-9-10(4-7-13(12)18-2)14(17)16-11-5-6-11/h1,4,7,9,11,15H,5-6,8H2,2H3,(H,16,17). The Morgan fingerprint density at radius 3 is 2.94 bits per heavy atom. The number of terminal acetylenes is 1. The third-order valence-electron chi connectivity index (χ3n) is 2.76. The van der Waals surface area contributed by atoms with E-state index in [4.69, 9.17) is 11.2 Å². The molecule has 4 heteroatoms. The molecule has 0 saturated heterocycles. The average Bonchev–Trinajstić information content (AvgIpc) is 3.19. The Morgan fingerprint density at radius 2 is 2.33 bits per heavy atom. The van der Waals surface area contributed by atoms with E-state index in [1.54, 1.807) is 25.3 Å². The summed E-state index contributed by atoms with van der Waals surface area (Å²) in [4.78, 5) is 11.9. The van der Waals surface area contributed by atoms with Crippen LogP contribution in [-0.2, 0) is 0 Å². The molecule has 94 valence electrons. The second-order valence-corrected chi connectivity index (χ2v) is 4.22. The van der Waals surface area contributed by atoms with Crippen molar-refractivity contribution in [3.63, 3.8) is 0 Å². The normalized spacial score (nSPS) is 13.6. The third-order valence-corrected chi connectivity index (χ3v) is 2.76. The van der Waals surface area contributed by atoms with Crippen LogP contribution in [0.3, 0.4) is 0 Å². The van der Waals surface area contributed by atoms with Crippen LogP contribution in [0.25, 0.3) is 0 Å². The van der Waals surface area contributed by atoms with E-state index in [2.05, 4.69) is 16.6 Å². The second kappa shape index (κ2) is 5.46. The predicted molar refractivity (Wildman–Crippen MR) is 70.8 cm³/mol. The molecule has 1 aromatic rings. The van der Waals surface area contributed by atoms with Crippen LogP contribution in [0.4, 0.5) is 5.69 Å². The fourth-order valence-electron chi connectivity index (χ4n) is 1.63. The Hall–Kier alpha value is -2.15. The number of rotatable bonds is 5. The average molecular weight is 244 g/mol. The number of amides is 1. The van der Waals surface area contributed by atoms with Gasteiger partial charge in [-0.3, -0.25) is 4.79 Å². The SMILES string of the molecule is C#CCNc1cc(C(=O)NC2CC2)ccc1OC. The first-order chi connectivity index (χ1) is 8.74. The summed E-state index contributed by atoms with van der Waals surface area (Å²) in [6, 6.07) is 5.62. The maximum atomic E-state index is 11.9. The summed E-state index contributed by atoms with van der Waals surface area (Å²) in [5.74, 6) is 3.11. The van der Waals surface area contributed by atoms with Gasteiger partial charge in [0.1, 0.15) is 5.75 Å². The molecule has 1 saturated carbocycles. The van der Waals surface area contributed by atoms with Crippen molar-refractivity contribution in [3.05, 3.63) is 23.8 Å². The van der Waals surface area contributed by atoms with Gasteiger partial charge in [0.25, 0.3) is 5.91 Å². The first-order valence-corrected chi connectivity index (χ1v) is 5.91. The smallest absolute Gasteiger partial charge is 0.251 e. The Bertz CT molecular complexity index is 487. The van der Waals surface area contributed by atoms with Crippen LogP contribution in [0.5, 0.6) is 5.75 Å². The van der Waals surface area contributed by atoms with Gasteiger partial charge in [-0.05, 0) is 31.0 Å². The zero-order valence-corrected chi connectivity index (χ0v) is 10.3. The topological polar surface area (TPSA) is 50.4 Å². The van der Waals surface area contributed by atoms with E-state index < -0.39 is 0 Å². The number of benzene rings is 1. The highest BCUT2D eigenvalue weighted by molar-refractivity contribution is 5.96. The van der Waals surface area contributed by atoms with Crippen molar-refractivity contribution >= 4 is 11.6 Å². The largest absolute Gasteiger partial charge is 0.495 e. The summed E-state index contributed by atoms with van der Waals surface area (Å²) in [6.07, 6.45) is 7.35. The van der Waals surface area contributed by atoms with Gasteiger partial charge >= 0.3 is 0 Å². The van der Waals surface area contributed by atoms with Gasteiger partial charge in [0.15, 0.2) is 0 Å². The molecule has 0 unspecified atom stereocenters. The van der Waals surface area contributed by atoms with Crippen LogP contribution in [0.2, 0.25) is 0 Å². The number of anilines is 1. The Kier molecular flexibility index (Phi) is 3.73. The molecule has 2 N–H and O–H groups in total. The van der Waals surface area contributed by atoms with Crippen molar-refractivity contribution in [2.75, 3.05) is 19.0 Å². The summed E-state index contributed by atoms with van der Waals surface area (Å²) < 4.78 is 5.21. The van der Waals surface area contributed by atoms with Crippen molar-refractivity contribution < 1.29 is 9.53 Å². The van der Waals surface area contributed by atoms with Gasteiger partial charge < -0.3 is 15.4 Å². The van der Waals surface area contributed by atoms with Gasteiger partial charge in [-0.1, -0.05) is 5.92 Å². The van der Waals surface area contributed by atoms with Crippen LogP contribution in [0.15, 0.2) is 18.2 Å². The Balaban J connectivity index is 2.15. The summed E-state index contributed by atoms with van der Waals surface area (Å²) in [6.45, 7) is 0.393. The van der Waals surface area contributed by atoms with Crippen molar-refractivity contribution in [2.24, 2.45) is 0 Å². The maximum Gasteiger partial charge on any atom is 0.251 e. The van der Waals surface area contributed by atoms with E-state index in [1.807, 2.05) is 0 Å². The maximum absolute atomic E-state index is 11.9. The first-order valence-electron chi connectivity index (χ1n) is 5.91. The van der Waals surface area contributed by atoms with Gasteiger partial charge in [0.2, 0.25) is 0 Å². The monoisotopic (exact) mass is 244 g/mol. The third kappa shape index (κ3) is 2.95. The molecule has 1 aliphatic carbocycles. The summed E-state index contributed by atoms with van der Waals surface area (Å²) in [5, 5.41) is 5.98. The minimum atomic E-state index is -0.0519. The molecule has 0 radical (unpaired) electrons. The number of carbonyl (C=O) groups is 1. The molecule has 1 amide bonds. The van der Waals surface area contributed by atoms with Gasteiger partial charge in [0, 0.05) is 11.6 Å². The molecule has 4 nitrogen and oxygen atoms in total. The van der Waals surface area contributed by atoms with E-state index in [-0.39, 0.29) is 5.91 Å². The van der Waals surface area contributed by atoms with Gasteiger partial charge in [-0.15, -0.1) is 6.42 Å². The molecule has 1 fully saturated rings. The number of carbonyl (C=O) groups excluding carboxylic acids is 1. The minimum absolute atomic E-state index is 0.0519. The Labute approximate surface area is 107 Å². The lowest BCUT2D eigenvalue weighted by atomic mass is 10.1. The molecule has 0 spiro atoms. The molecule has 1 aliphatic rings. The fraction of sp³-hybridized carbons (Fsp3) is 0.357. The molecular formula is C14H16N2O2. The minimum Gasteiger partial charge on any atom is -0.495 e. The molecular weight excluding hydrogens is 228 g/mol. The lowest BCUT2D eigenvalue weighted by molar-refractivity contribution is 0.0951. The van der Waals surface area contributed by atoms with Gasteiger partial charge in [-0.2, -0.15) is 0 Å². The van der Waals surface area contributed by atoms with E-state index in [1.165, 1.54) is 0 Å². The number of nitrogens with one attached hydrogen (secondary N) is 2. The molecule has 0 heterocycles. The summed E-state index contributed by atoms with van der Waals surface area (Å²) in [5.41, 5.74) is 1.35. The molecule has 0 atom stereocenters. The summed E-state index contributed by atoms with van der Waals surface area (Å²) in [7, 11) is 1.58. The molecule has 0 aliphatic heterocycles. The van der Waals surface area contributed by atoms with E-state index in [0.717, 1.165) is 18.5 Å². The van der Waals surface area contributed by atoms with Crippen LogP contribution in [-0.4, -0.2) is 25.6 Å². The number of ether oxygens (including phenoxy) is 1. The molecule has 0 bridgehead atoms. The molecule has 18 heavy (non-hydrogen) atoms. The molecule has 0 aromatic heterocycles. The number of methoxy groups -OCH3 is 1. The zero-order valence-electron chi connectivity index (χ0n) is 10.3. The van der Waals surface area contributed by atoms with Crippen LogP contribution in [0.1, 0.15) is 23.2 Å². The van der Waals surface area contributed by atoms with Crippen LogP contribution < -0.4 is 15.4 Å². The van der Waals surface area contributed by atoms with Crippen molar-refractivity contribution in [1.82, 2.24) is 5.32 Å². The van der Waals surface area contributed by atoms with E-state index >= 15 is 0 Å². The predicted octanol–water partition coefficient (Wildman–Crippen LogP) is 1.63. The van der Waals surface area contributed by atoms with E-state index in [0.29, 0.717) is 23.9 Å². The zero-order chi connectivity index (χ0) is 13.0. The van der Waals surface area contributed by atoms with E-state index in [9.17, 15) is 4.79 Å². The molecule has 1 aromatic carbocycles. The Morgan fingerprint density at radius 1 is 1.56 bits per heavy atom. The quantitative estimate of drug-likeness (QED) is 0.774. The lowest BCUT2D eigenvalue weighted by Gasteiger charge is -2.11. The van der Waals surface area contributed by atoms with Crippen LogP contribution in [0, 0.1) is 12.3 Å². The first kappa shape index (κ1) is 12.3. The van der Waals surface area contributed by atoms with Gasteiger partial charge in [0.05, 0.1) is 19.3 Å². The number of hydrogen-bond donors (Lipinski definition) is 2. The molecule has 2 rings (SSSR count). The van der Waals surface area contributed by atoms with Crippen LogP contribution >= 0.6 is 0 Å². The fourth-order valence-corrected chi connectivity index (χ4v) is 1.63. The summed E-state index contributed by atoms with van der Waals surface area (Å²) >= 11 is 0. The lowest BCUT2D eigenvalue weighted by Crippen LogP contribution is -2.25. The van der Waals surface area contributed by atoms with Crippen molar-refractivity contribution in [3.8, 4) is 18.1 Å². The van der Waals surface area contributed by atoms with Crippen molar-refractivity contribution in [1.29, 1.82) is 0 Å². The highest BCUT2D eigenvalue weighted by atomic mass is 16.5. The van der Waals surface area contributed by atoms with Crippen molar-refractivity contribution in [2.45, 2.75) is 18.9 Å². The highest BCUT2D eigenvalue weighted by Crippen LogP contribution is 2.26. The number of hydrogen-bond acceptors (Lipinski definition) is 3. The van der Waals surface area contributed by atoms with Gasteiger partial charge in [-0.25, -0.2) is 0 Å². The highest BCUT2D eigenvalue weighted by Gasteiger charge is 2.24.